The van der Waals surface area contributed by atoms with Gasteiger partial charge in [-0.25, -0.2) is 9.97 Å². The summed E-state index contributed by atoms with van der Waals surface area (Å²) in [6.07, 6.45) is -0.241. The van der Waals surface area contributed by atoms with Crippen molar-refractivity contribution in [2.45, 2.75) is 50.9 Å². The first kappa shape index (κ1) is 23.3. The number of hydrogen-bond donors (Lipinski definition) is 3. The molecule has 5 rings (SSSR count). The van der Waals surface area contributed by atoms with Crippen LogP contribution in [0.4, 0.5) is 5.95 Å². The van der Waals surface area contributed by atoms with E-state index in [1.165, 1.54) is 6.33 Å². The van der Waals surface area contributed by atoms with Crippen LogP contribution in [0.1, 0.15) is 31.6 Å². The zero-order chi connectivity index (χ0) is 23.7. The minimum Gasteiger partial charge on any atom is -0.471 e. The maximum atomic E-state index is 10.7. The number of nitrogens with zero attached hydrogens (tertiary/aromatic N) is 4. The number of rotatable bonds is 7. The zero-order valence-electron chi connectivity index (χ0n) is 18.8. The summed E-state index contributed by atoms with van der Waals surface area (Å²) in [5.74, 6) is 1.23. The monoisotopic (exact) mass is 489 g/mol. The molecule has 34 heavy (non-hydrogen) atoms. The van der Waals surface area contributed by atoms with E-state index < -0.39 is 24.5 Å². The summed E-state index contributed by atoms with van der Waals surface area (Å²) in [5.41, 5.74) is 1.82. The number of aliphatic hydroxyl groups excluding tert-OH is 2. The molecule has 182 valence electrons. The fourth-order valence-corrected chi connectivity index (χ4v) is 4.44. The van der Waals surface area contributed by atoms with Crippen LogP contribution in [0.15, 0.2) is 30.6 Å². The molecule has 0 amide bonds. The summed E-state index contributed by atoms with van der Waals surface area (Å²) in [7, 11) is 0. The first-order chi connectivity index (χ1) is 16.5. The Morgan fingerprint density at radius 1 is 1.15 bits per heavy atom. The smallest absolute Gasteiger partial charge is 0.245 e. The van der Waals surface area contributed by atoms with E-state index in [1.807, 2.05) is 12.1 Å². The van der Waals surface area contributed by atoms with Gasteiger partial charge in [0.2, 0.25) is 11.8 Å². The predicted octanol–water partition coefficient (Wildman–Crippen LogP) is 2.54. The topological polar surface area (TPSA) is 124 Å². The van der Waals surface area contributed by atoms with E-state index in [0.717, 1.165) is 31.6 Å². The van der Waals surface area contributed by atoms with E-state index in [0.29, 0.717) is 40.5 Å². The van der Waals surface area contributed by atoms with Crippen molar-refractivity contribution in [1.29, 1.82) is 0 Å². The number of anilines is 1. The largest absolute Gasteiger partial charge is 0.471 e. The van der Waals surface area contributed by atoms with Crippen LogP contribution in [-0.2, 0) is 16.1 Å². The minimum atomic E-state index is -1.13. The highest BCUT2D eigenvalue weighted by molar-refractivity contribution is 6.30. The summed E-state index contributed by atoms with van der Waals surface area (Å²) in [5, 5.41) is 25.0. The Labute approximate surface area is 201 Å². The Balaban J connectivity index is 1.46. The van der Waals surface area contributed by atoms with Crippen molar-refractivity contribution in [2.75, 3.05) is 25.1 Å². The lowest BCUT2D eigenvalue weighted by molar-refractivity contribution is -0.0287. The van der Waals surface area contributed by atoms with Crippen LogP contribution in [-0.4, -0.2) is 67.8 Å². The summed E-state index contributed by atoms with van der Waals surface area (Å²) in [6.45, 7) is 4.16. The molecule has 2 saturated heterocycles. The number of fused-ring (bicyclic) bond motifs is 1. The Hall–Kier alpha value is -2.50. The highest BCUT2D eigenvalue weighted by Crippen LogP contribution is 2.36. The molecule has 0 bridgehead atoms. The van der Waals surface area contributed by atoms with Gasteiger partial charge in [0, 0.05) is 24.8 Å². The highest BCUT2D eigenvalue weighted by Gasteiger charge is 2.43. The van der Waals surface area contributed by atoms with Gasteiger partial charge in [-0.05, 0) is 43.4 Å². The van der Waals surface area contributed by atoms with Crippen molar-refractivity contribution in [3.8, 4) is 5.88 Å². The number of benzene rings is 1. The fraction of sp³-hybridized carbons (Fsp3) is 0.522. The molecular weight excluding hydrogens is 462 g/mol. The van der Waals surface area contributed by atoms with Crippen molar-refractivity contribution in [2.24, 2.45) is 5.92 Å². The maximum absolute atomic E-state index is 10.7. The van der Waals surface area contributed by atoms with E-state index >= 15 is 0 Å². The lowest BCUT2D eigenvalue weighted by Gasteiger charge is -2.24. The third-order valence-corrected chi connectivity index (χ3v) is 6.61. The zero-order valence-corrected chi connectivity index (χ0v) is 19.6. The second-order valence-corrected chi connectivity index (χ2v) is 9.16. The van der Waals surface area contributed by atoms with Crippen LogP contribution >= 0.6 is 11.6 Å². The molecule has 10 nitrogen and oxygen atoms in total. The van der Waals surface area contributed by atoms with Gasteiger partial charge in [-0.3, -0.25) is 4.57 Å². The number of imidazole rings is 1. The van der Waals surface area contributed by atoms with Gasteiger partial charge in [0.25, 0.3) is 0 Å². The van der Waals surface area contributed by atoms with Crippen LogP contribution in [0.2, 0.25) is 5.02 Å². The summed E-state index contributed by atoms with van der Waals surface area (Å²) in [4.78, 5) is 13.4. The Morgan fingerprint density at radius 2 is 1.91 bits per heavy atom. The number of aromatic nitrogens is 4. The summed E-state index contributed by atoms with van der Waals surface area (Å²) >= 11 is 5.97. The number of ether oxygens (including phenoxy) is 3. The van der Waals surface area contributed by atoms with Gasteiger partial charge in [0.15, 0.2) is 17.4 Å². The normalized spacial score (nSPS) is 25.6. The van der Waals surface area contributed by atoms with E-state index in [2.05, 4.69) is 15.3 Å². The fourth-order valence-electron chi connectivity index (χ4n) is 4.32. The second kappa shape index (κ2) is 10.0. The maximum Gasteiger partial charge on any atom is 0.245 e. The Bertz CT molecular complexity index is 1120. The van der Waals surface area contributed by atoms with Crippen LogP contribution in [0.3, 0.4) is 0 Å². The summed E-state index contributed by atoms with van der Waals surface area (Å²) in [6, 6.07) is 7.36. The first-order valence-corrected chi connectivity index (χ1v) is 11.8. The molecule has 4 heterocycles. The molecule has 3 N–H and O–H groups in total. The highest BCUT2D eigenvalue weighted by atomic mass is 35.5. The van der Waals surface area contributed by atoms with Gasteiger partial charge in [-0.1, -0.05) is 23.7 Å². The van der Waals surface area contributed by atoms with Crippen LogP contribution in [0.25, 0.3) is 11.2 Å². The average molecular weight is 490 g/mol. The quantitative estimate of drug-likeness (QED) is 0.459. The van der Waals surface area contributed by atoms with Crippen LogP contribution in [0, 0.1) is 5.92 Å². The van der Waals surface area contributed by atoms with Crippen molar-refractivity contribution < 1.29 is 24.4 Å². The number of aliphatic hydroxyl groups is 2. The molecule has 2 aliphatic rings. The molecule has 0 radical (unpaired) electrons. The Morgan fingerprint density at radius 3 is 2.62 bits per heavy atom. The molecule has 0 saturated carbocycles. The second-order valence-electron chi connectivity index (χ2n) is 8.72. The van der Waals surface area contributed by atoms with Gasteiger partial charge in [0.1, 0.15) is 25.1 Å². The van der Waals surface area contributed by atoms with Gasteiger partial charge in [-0.2, -0.15) is 4.98 Å². The molecular formula is C23H28ClN5O5. The van der Waals surface area contributed by atoms with Crippen LogP contribution < -0.4 is 10.1 Å². The minimum absolute atomic E-state index is 0.277. The molecule has 2 aliphatic heterocycles. The van der Waals surface area contributed by atoms with E-state index in [4.69, 9.17) is 30.8 Å². The van der Waals surface area contributed by atoms with Gasteiger partial charge in [-0.15, -0.1) is 0 Å². The molecule has 11 heteroatoms. The molecule has 3 aromatic rings. The van der Waals surface area contributed by atoms with Gasteiger partial charge >= 0.3 is 0 Å². The van der Waals surface area contributed by atoms with Gasteiger partial charge in [0.05, 0.1) is 6.10 Å². The molecule has 0 spiro atoms. The van der Waals surface area contributed by atoms with E-state index in [-0.39, 0.29) is 6.61 Å². The lowest BCUT2D eigenvalue weighted by Crippen LogP contribution is -2.31. The molecule has 0 aliphatic carbocycles. The Kier molecular flexibility index (Phi) is 6.84. The van der Waals surface area contributed by atoms with E-state index in [1.54, 1.807) is 23.6 Å². The number of hydrogen-bond acceptors (Lipinski definition) is 9. The lowest BCUT2D eigenvalue weighted by atomic mass is 10.0. The molecule has 1 aromatic carbocycles. The third-order valence-electron chi connectivity index (χ3n) is 6.35. The number of halogens is 1. The third kappa shape index (κ3) is 4.69. The molecule has 2 aromatic heterocycles. The van der Waals surface area contributed by atoms with Crippen LogP contribution in [0.5, 0.6) is 5.88 Å². The SMILES string of the molecule is C[C@H]1O[C@@H](n2c(NCC3CCOCC3)nc3c(OCc4ccc(Cl)cc4)ncnc32)[C@H](O)[C@@H]1O. The van der Waals surface area contributed by atoms with Crippen molar-refractivity contribution in [3.05, 3.63) is 41.2 Å². The van der Waals surface area contributed by atoms with Crippen molar-refractivity contribution in [1.82, 2.24) is 19.5 Å². The standard InChI is InChI=1S/C23H28ClN5O5/c1-13-18(30)19(31)22(34-13)29-20-17(28-23(29)25-10-14-6-8-32-9-7-14)21(27-12-26-20)33-11-15-2-4-16(24)5-3-15/h2-5,12-14,18-19,22,30-31H,6-11H2,1H3,(H,25,28)/t13-,18-,19-,22-/m1/s1. The van der Waals surface area contributed by atoms with Crippen molar-refractivity contribution in [3.63, 3.8) is 0 Å². The molecule has 4 atom stereocenters. The van der Waals surface area contributed by atoms with Crippen molar-refractivity contribution >= 4 is 28.7 Å². The molecule has 0 unspecified atom stereocenters. The molecule has 2 fully saturated rings. The average Bonchev–Trinajstić information content (AvgIpc) is 3.35. The predicted molar refractivity (Wildman–Crippen MR) is 125 cm³/mol. The van der Waals surface area contributed by atoms with E-state index in [9.17, 15) is 10.2 Å². The summed E-state index contributed by atoms with van der Waals surface area (Å²) < 4.78 is 19.0. The van der Waals surface area contributed by atoms with Gasteiger partial charge < -0.3 is 29.7 Å². The first-order valence-electron chi connectivity index (χ1n) is 11.4. The number of nitrogens with one attached hydrogen (secondary N) is 1.